The highest BCUT2D eigenvalue weighted by molar-refractivity contribution is 5.92. The lowest BCUT2D eigenvalue weighted by Crippen LogP contribution is -2.29. The summed E-state index contributed by atoms with van der Waals surface area (Å²) < 4.78 is 11.3. The summed E-state index contributed by atoms with van der Waals surface area (Å²) in [5.74, 6) is 0.557. The molecule has 22 heavy (non-hydrogen) atoms. The fourth-order valence-electron chi connectivity index (χ4n) is 3.04. The van der Waals surface area contributed by atoms with Gasteiger partial charge in [0.2, 0.25) is 0 Å². The van der Waals surface area contributed by atoms with E-state index in [1.807, 2.05) is 38.1 Å². The second kappa shape index (κ2) is 4.13. The van der Waals surface area contributed by atoms with Crippen LogP contribution >= 0.6 is 0 Å². The van der Waals surface area contributed by atoms with Gasteiger partial charge in [-0.3, -0.25) is 0 Å². The lowest BCUT2D eigenvalue weighted by molar-refractivity contribution is 0.106. The van der Waals surface area contributed by atoms with Crippen molar-refractivity contribution in [1.82, 2.24) is 0 Å². The van der Waals surface area contributed by atoms with E-state index in [9.17, 15) is 9.90 Å². The fourth-order valence-corrected chi connectivity index (χ4v) is 3.04. The van der Waals surface area contributed by atoms with Gasteiger partial charge in [-0.05, 0) is 25.5 Å². The van der Waals surface area contributed by atoms with Crippen molar-refractivity contribution in [2.24, 2.45) is 0 Å². The van der Waals surface area contributed by atoms with E-state index in [1.54, 1.807) is 12.1 Å². The molecule has 0 radical (unpaired) electrons. The Balaban J connectivity index is 2.10. The first-order chi connectivity index (χ1) is 10.5. The maximum atomic E-state index is 11.4. The first-order valence-corrected chi connectivity index (χ1v) is 7.05. The molecule has 4 nitrogen and oxygen atoms in total. The second-order valence-electron chi connectivity index (χ2n) is 5.95. The van der Waals surface area contributed by atoms with Crippen LogP contribution in [0.5, 0.6) is 11.5 Å². The van der Waals surface area contributed by atoms with Gasteiger partial charge < -0.3 is 14.3 Å². The Hall–Kier alpha value is -2.75. The SMILES string of the molecule is CC1(C)Oc2cc3oc(=O)cc(O)c3cc2-c2ccccc21. The Labute approximate surface area is 126 Å². The van der Waals surface area contributed by atoms with E-state index >= 15 is 0 Å². The van der Waals surface area contributed by atoms with Crippen LogP contribution in [0.1, 0.15) is 19.4 Å². The molecule has 0 amide bonds. The van der Waals surface area contributed by atoms with Crippen molar-refractivity contribution in [3.8, 4) is 22.6 Å². The van der Waals surface area contributed by atoms with Crippen molar-refractivity contribution in [3.05, 3.63) is 58.4 Å². The summed E-state index contributed by atoms with van der Waals surface area (Å²) in [7, 11) is 0. The van der Waals surface area contributed by atoms with Crippen molar-refractivity contribution >= 4 is 11.0 Å². The van der Waals surface area contributed by atoms with Crippen molar-refractivity contribution in [1.29, 1.82) is 0 Å². The number of hydrogen-bond donors (Lipinski definition) is 1. The van der Waals surface area contributed by atoms with Gasteiger partial charge in [-0.2, -0.15) is 0 Å². The van der Waals surface area contributed by atoms with Crippen molar-refractivity contribution < 1.29 is 14.3 Å². The monoisotopic (exact) mass is 294 g/mol. The molecule has 0 bridgehead atoms. The molecule has 110 valence electrons. The number of ether oxygens (including phenoxy) is 1. The highest BCUT2D eigenvalue weighted by atomic mass is 16.5. The van der Waals surface area contributed by atoms with E-state index in [-0.39, 0.29) is 5.75 Å². The lowest BCUT2D eigenvalue weighted by Gasteiger charge is -2.35. The molecule has 0 saturated heterocycles. The van der Waals surface area contributed by atoms with Crippen LogP contribution in [0.2, 0.25) is 0 Å². The third-order valence-corrected chi connectivity index (χ3v) is 4.05. The van der Waals surface area contributed by atoms with E-state index in [0.29, 0.717) is 16.7 Å². The number of rotatable bonds is 0. The molecule has 4 heteroatoms. The Morgan fingerprint density at radius 2 is 1.82 bits per heavy atom. The Morgan fingerprint density at radius 3 is 2.64 bits per heavy atom. The van der Waals surface area contributed by atoms with Crippen LogP contribution in [0.25, 0.3) is 22.1 Å². The molecule has 0 saturated carbocycles. The van der Waals surface area contributed by atoms with Gasteiger partial charge in [0.1, 0.15) is 22.7 Å². The molecule has 1 N–H and O–H groups in total. The normalized spacial score (nSPS) is 15.0. The zero-order valence-corrected chi connectivity index (χ0v) is 12.2. The molecule has 1 aromatic heterocycles. The van der Waals surface area contributed by atoms with Crippen LogP contribution < -0.4 is 10.4 Å². The average Bonchev–Trinajstić information content (AvgIpc) is 2.45. The van der Waals surface area contributed by atoms with Gasteiger partial charge in [-0.1, -0.05) is 24.3 Å². The molecule has 0 atom stereocenters. The average molecular weight is 294 g/mol. The maximum Gasteiger partial charge on any atom is 0.339 e. The largest absolute Gasteiger partial charge is 0.507 e. The molecule has 2 heterocycles. The standard InChI is InChI=1S/C18H14O4/c1-18(2)13-6-4-3-5-10(13)11-7-12-14(19)8-17(20)21-15(12)9-16(11)22-18/h3-9,19H,1-2H3. The molecule has 0 unspecified atom stereocenters. The third kappa shape index (κ3) is 1.73. The van der Waals surface area contributed by atoms with Crippen LogP contribution in [0.3, 0.4) is 0 Å². The van der Waals surface area contributed by atoms with E-state index in [2.05, 4.69) is 0 Å². The molecule has 2 aromatic carbocycles. The zero-order chi connectivity index (χ0) is 15.5. The van der Waals surface area contributed by atoms with Crippen LogP contribution in [0.4, 0.5) is 0 Å². The maximum absolute atomic E-state index is 11.4. The summed E-state index contributed by atoms with van der Waals surface area (Å²) in [6.45, 7) is 4.00. The third-order valence-electron chi connectivity index (χ3n) is 4.05. The predicted octanol–water partition coefficient (Wildman–Crippen LogP) is 3.79. The lowest BCUT2D eigenvalue weighted by atomic mass is 9.86. The molecule has 0 spiro atoms. The molecule has 1 aliphatic heterocycles. The summed E-state index contributed by atoms with van der Waals surface area (Å²) in [6, 6.07) is 12.6. The van der Waals surface area contributed by atoms with E-state index in [4.69, 9.17) is 9.15 Å². The van der Waals surface area contributed by atoms with E-state index < -0.39 is 11.2 Å². The summed E-state index contributed by atoms with van der Waals surface area (Å²) in [5.41, 5.74) is 2.28. The van der Waals surface area contributed by atoms with Gasteiger partial charge in [0.15, 0.2) is 0 Å². The Bertz CT molecular complexity index is 966. The highest BCUT2D eigenvalue weighted by Gasteiger charge is 2.32. The molecule has 0 aliphatic carbocycles. The van der Waals surface area contributed by atoms with Gasteiger partial charge in [-0.15, -0.1) is 0 Å². The minimum absolute atomic E-state index is 0.0867. The van der Waals surface area contributed by atoms with Gasteiger partial charge in [0.05, 0.1) is 11.5 Å². The van der Waals surface area contributed by atoms with Crippen LogP contribution in [0, 0.1) is 0 Å². The predicted molar refractivity (Wildman–Crippen MR) is 83.2 cm³/mol. The molecule has 4 rings (SSSR count). The Kier molecular flexibility index (Phi) is 2.43. The molecule has 0 fully saturated rings. The topological polar surface area (TPSA) is 59.7 Å². The van der Waals surface area contributed by atoms with Gasteiger partial charge in [-0.25, -0.2) is 4.79 Å². The summed E-state index contributed by atoms with van der Waals surface area (Å²) in [6.07, 6.45) is 0. The van der Waals surface area contributed by atoms with Crippen molar-refractivity contribution in [2.75, 3.05) is 0 Å². The smallest absolute Gasteiger partial charge is 0.339 e. The summed E-state index contributed by atoms with van der Waals surface area (Å²) >= 11 is 0. The first-order valence-electron chi connectivity index (χ1n) is 7.05. The minimum Gasteiger partial charge on any atom is -0.507 e. The van der Waals surface area contributed by atoms with Crippen LogP contribution in [-0.4, -0.2) is 5.11 Å². The fraction of sp³-hybridized carbons (Fsp3) is 0.167. The first kappa shape index (κ1) is 13.0. The molecule has 3 aromatic rings. The van der Waals surface area contributed by atoms with Gasteiger partial charge >= 0.3 is 5.63 Å². The summed E-state index contributed by atoms with van der Waals surface area (Å²) in [4.78, 5) is 11.4. The Morgan fingerprint density at radius 1 is 1.05 bits per heavy atom. The van der Waals surface area contributed by atoms with Crippen molar-refractivity contribution in [3.63, 3.8) is 0 Å². The van der Waals surface area contributed by atoms with Gasteiger partial charge in [0, 0.05) is 17.2 Å². The van der Waals surface area contributed by atoms with Crippen LogP contribution in [0.15, 0.2) is 51.7 Å². The number of aromatic hydroxyl groups is 1. The van der Waals surface area contributed by atoms with E-state index in [1.165, 1.54) is 0 Å². The quantitative estimate of drug-likeness (QED) is 0.641. The summed E-state index contributed by atoms with van der Waals surface area (Å²) in [5, 5.41) is 10.5. The number of hydrogen-bond acceptors (Lipinski definition) is 4. The second-order valence-corrected chi connectivity index (χ2v) is 5.95. The molecular formula is C18H14O4. The van der Waals surface area contributed by atoms with E-state index in [0.717, 1.165) is 22.8 Å². The minimum atomic E-state index is -0.583. The van der Waals surface area contributed by atoms with Crippen LogP contribution in [-0.2, 0) is 5.60 Å². The number of benzene rings is 2. The van der Waals surface area contributed by atoms with Crippen molar-refractivity contribution in [2.45, 2.75) is 19.4 Å². The molecule has 1 aliphatic rings. The number of fused-ring (bicyclic) bond motifs is 4. The molecular weight excluding hydrogens is 280 g/mol. The zero-order valence-electron chi connectivity index (χ0n) is 12.2. The van der Waals surface area contributed by atoms with Gasteiger partial charge in [0.25, 0.3) is 0 Å². The highest BCUT2D eigenvalue weighted by Crippen LogP contribution is 2.47.